The van der Waals surface area contributed by atoms with Crippen LogP contribution in [0.2, 0.25) is 0 Å². The van der Waals surface area contributed by atoms with Crippen LogP contribution in [0.4, 0.5) is 4.39 Å². The van der Waals surface area contributed by atoms with E-state index in [1.165, 1.54) is 18.2 Å². The van der Waals surface area contributed by atoms with Crippen LogP contribution >= 0.6 is 0 Å². The summed E-state index contributed by atoms with van der Waals surface area (Å²) in [7, 11) is 0. The molecule has 0 amide bonds. The van der Waals surface area contributed by atoms with Crippen molar-refractivity contribution in [2.24, 2.45) is 5.41 Å². The van der Waals surface area contributed by atoms with Crippen molar-refractivity contribution >= 4 is 0 Å². The summed E-state index contributed by atoms with van der Waals surface area (Å²) in [6.45, 7) is 6.35. The van der Waals surface area contributed by atoms with Gasteiger partial charge in [0.05, 0.1) is 13.2 Å². The number of ether oxygens (including phenoxy) is 1. The third-order valence-electron chi connectivity index (χ3n) is 3.19. The van der Waals surface area contributed by atoms with Crippen molar-refractivity contribution in [3.8, 4) is 5.75 Å². The fourth-order valence-corrected chi connectivity index (χ4v) is 1.93. The van der Waals surface area contributed by atoms with Gasteiger partial charge in [0.15, 0.2) is 0 Å². The van der Waals surface area contributed by atoms with Gasteiger partial charge < -0.3 is 15.2 Å². The van der Waals surface area contributed by atoms with E-state index in [0.29, 0.717) is 5.56 Å². The minimum atomic E-state index is -0.329. The molecule has 17 heavy (non-hydrogen) atoms. The molecule has 0 aromatic heterocycles. The van der Waals surface area contributed by atoms with Gasteiger partial charge in [-0.1, -0.05) is 6.92 Å². The number of rotatable bonds is 4. The molecule has 0 saturated carbocycles. The molecule has 0 radical (unpaired) electrons. The van der Waals surface area contributed by atoms with Crippen LogP contribution in [0.25, 0.3) is 0 Å². The van der Waals surface area contributed by atoms with Gasteiger partial charge in [-0.2, -0.15) is 0 Å². The second-order valence-electron chi connectivity index (χ2n) is 5.11. The van der Waals surface area contributed by atoms with E-state index in [9.17, 15) is 9.50 Å². The van der Waals surface area contributed by atoms with E-state index in [1.54, 1.807) is 0 Å². The predicted octanol–water partition coefficient (Wildman–Crippen LogP) is 2.22. The van der Waals surface area contributed by atoms with Crippen LogP contribution in [0.3, 0.4) is 0 Å². The lowest BCUT2D eigenvalue weighted by atomic mass is 9.88. The summed E-state index contributed by atoms with van der Waals surface area (Å²) >= 11 is 0. The number of hydrogen-bond donors (Lipinski definition) is 2. The van der Waals surface area contributed by atoms with Crippen molar-refractivity contribution in [2.75, 3.05) is 19.8 Å². The minimum absolute atomic E-state index is 0.0804. The maximum absolute atomic E-state index is 13.1. The molecular formula is C13H18FNO2. The smallest absolute Gasteiger partial charge is 0.123 e. The number of aromatic hydroxyl groups is 1. The van der Waals surface area contributed by atoms with Crippen molar-refractivity contribution in [3.63, 3.8) is 0 Å². The fourth-order valence-electron chi connectivity index (χ4n) is 1.93. The van der Waals surface area contributed by atoms with Crippen LogP contribution in [0.15, 0.2) is 18.2 Å². The Kier molecular flexibility index (Phi) is 3.35. The van der Waals surface area contributed by atoms with E-state index in [0.717, 1.165) is 19.8 Å². The molecule has 0 bridgehead atoms. The topological polar surface area (TPSA) is 41.5 Å². The third kappa shape index (κ3) is 2.76. The highest BCUT2D eigenvalue weighted by molar-refractivity contribution is 5.34. The van der Waals surface area contributed by atoms with Crippen LogP contribution in [0, 0.1) is 11.2 Å². The van der Waals surface area contributed by atoms with E-state index >= 15 is 0 Å². The lowest BCUT2D eigenvalue weighted by Gasteiger charge is -2.39. The Morgan fingerprint density at radius 1 is 1.53 bits per heavy atom. The maximum atomic E-state index is 13.1. The van der Waals surface area contributed by atoms with Crippen molar-refractivity contribution in [1.29, 1.82) is 0 Å². The highest BCUT2D eigenvalue weighted by Crippen LogP contribution is 2.28. The Labute approximate surface area is 101 Å². The van der Waals surface area contributed by atoms with E-state index < -0.39 is 0 Å². The first-order valence-corrected chi connectivity index (χ1v) is 5.80. The molecule has 0 spiro atoms. The molecule has 1 saturated heterocycles. The Bertz CT molecular complexity index is 404. The summed E-state index contributed by atoms with van der Waals surface area (Å²) in [4.78, 5) is 0. The van der Waals surface area contributed by atoms with Gasteiger partial charge in [0.25, 0.3) is 0 Å². The van der Waals surface area contributed by atoms with Crippen molar-refractivity contribution in [3.05, 3.63) is 29.6 Å². The van der Waals surface area contributed by atoms with Crippen LogP contribution in [-0.4, -0.2) is 24.9 Å². The molecule has 1 aromatic carbocycles. The molecule has 94 valence electrons. The number of benzene rings is 1. The Balaban J connectivity index is 1.99. The van der Waals surface area contributed by atoms with Gasteiger partial charge in [-0.05, 0) is 25.1 Å². The second kappa shape index (κ2) is 4.63. The Morgan fingerprint density at radius 3 is 2.82 bits per heavy atom. The number of hydrogen-bond acceptors (Lipinski definition) is 3. The van der Waals surface area contributed by atoms with E-state index in [-0.39, 0.29) is 23.0 Å². The summed E-state index contributed by atoms with van der Waals surface area (Å²) < 4.78 is 18.3. The first-order chi connectivity index (χ1) is 8.00. The highest BCUT2D eigenvalue weighted by Gasteiger charge is 2.33. The zero-order valence-corrected chi connectivity index (χ0v) is 10.2. The number of phenols is 1. The number of halogens is 1. The number of nitrogens with one attached hydrogen (secondary N) is 1. The standard InChI is InChI=1S/C13H18FNO2/c1-9(15-6-13(2)7-17-8-13)11-5-10(14)3-4-12(11)16/h3-5,9,15-16H,6-8H2,1-2H3. The normalized spacial score (nSPS) is 19.7. The van der Waals surface area contributed by atoms with Gasteiger partial charge in [-0.3, -0.25) is 0 Å². The van der Waals surface area contributed by atoms with Crippen molar-refractivity contribution in [1.82, 2.24) is 5.32 Å². The first-order valence-electron chi connectivity index (χ1n) is 5.80. The zero-order chi connectivity index (χ0) is 12.5. The lowest BCUT2D eigenvalue weighted by Crippen LogP contribution is -2.47. The molecule has 1 heterocycles. The van der Waals surface area contributed by atoms with Gasteiger partial charge in [0, 0.05) is 23.6 Å². The van der Waals surface area contributed by atoms with Gasteiger partial charge in [0.1, 0.15) is 11.6 Å². The molecule has 2 N–H and O–H groups in total. The third-order valence-corrected chi connectivity index (χ3v) is 3.19. The monoisotopic (exact) mass is 239 g/mol. The Hall–Kier alpha value is -1.13. The van der Waals surface area contributed by atoms with Gasteiger partial charge in [-0.25, -0.2) is 4.39 Å². The second-order valence-corrected chi connectivity index (χ2v) is 5.11. The predicted molar refractivity (Wildman–Crippen MR) is 63.4 cm³/mol. The maximum Gasteiger partial charge on any atom is 0.123 e. The van der Waals surface area contributed by atoms with Crippen LogP contribution in [0.1, 0.15) is 25.5 Å². The van der Waals surface area contributed by atoms with Crippen LogP contribution < -0.4 is 5.32 Å². The molecule has 4 heteroatoms. The molecule has 1 aliphatic rings. The average molecular weight is 239 g/mol. The molecular weight excluding hydrogens is 221 g/mol. The molecule has 1 atom stereocenters. The van der Waals surface area contributed by atoms with Crippen molar-refractivity contribution in [2.45, 2.75) is 19.9 Å². The molecule has 2 rings (SSSR count). The van der Waals surface area contributed by atoms with E-state index in [2.05, 4.69) is 12.2 Å². The van der Waals surface area contributed by atoms with Gasteiger partial charge >= 0.3 is 0 Å². The first kappa shape index (κ1) is 12.3. The summed E-state index contributed by atoms with van der Waals surface area (Å²) in [5.74, 6) is -0.203. The molecule has 3 nitrogen and oxygen atoms in total. The summed E-state index contributed by atoms with van der Waals surface area (Å²) in [6, 6.07) is 3.93. The fraction of sp³-hybridized carbons (Fsp3) is 0.538. The van der Waals surface area contributed by atoms with E-state index in [1.807, 2.05) is 6.92 Å². The lowest BCUT2D eigenvalue weighted by molar-refractivity contribution is -0.0999. The van der Waals surface area contributed by atoms with Gasteiger partial charge in [0.2, 0.25) is 0 Å². The SMILES string of the molecule is CC(NCC1(C)COC1)c1cc(F)ccc1O. The Morgan fingerprint density at radius 2 is 2.24 bits per heavy atom. The molecule has 1 aromatic rings. The van der Waals surface area contributed by atoms with Gasteiger partial charge in [-0.15, -0.1) is 0 Å². The summed E-state index contributed by atoms with van der Waals surface area (Å²) in [5.41, 5.74) is 0.755. The minimum Gasteiger partial charge on any atom is -0.508 e. The van der Waals surface area contributed by atoms with Crippen LogP contribution in [0.5, 0.6) is 5.75 Å². The van der Waals surface area contributed by atoms with Crippen LogP contribution in [-0.2, 0) is 4.74 Å². The molecule has 0 aliphatic carbocycles. The average Bonchev–Trinajstić information content (AvgIpc) is 2.26. The molecule has 1 fully saturated rings. The van der Waals surface area contributed by atoms with E-state index in [4.69, 9.17) is 4.74 Å². The quantitative estimate of drug-likeness (QED) is 0.846. The summed E-state index contributed by atoms with van der Waals surface area (Å²) in [6.07, 6.45) is 0. The highest BCUT2D eigenvalue weighted by atomic mass is 19.1. The molecule has 1 aliphatic heterocycles. The summed E-state index contributed by atoms with van der Waals surface area (Å²) in [5, 5.41) is 13.0. The molecule has 1 unspecified atom stereocenters. The van der Waals surface area contributed by atoms with Crippen molar-refractivity contribution < 1.29 is 14.2 Å². The number of phenolic OH excluding ortho intramolecular Hbond substituents is 1. The zero-order valence-electron chi connectivity index (χ0n) is 10.2. The largest absolute Gasteiger partial charge is 0.508 e.